The van der Waals surface area contributed by atoms with Gasteiger partial charge in [-0.1, -0.05) is 13.8 Å². The number of carbonyl (C=O) groups is 3. The summed E-state index contributed by atoms with van der Waals surface area (Å²) >= 11 is 0. The fourth-order valence-corrected chi connectivity index (χ4v) is 4.90. The minimum Gasteiger partial charge on any atom is -0.492 e. The summed E-state index contributed by atoms with van der Waals surface area (Å²) in [6.07, 6.45) is 1.86. The molecular formula is C27H42N2O10. The Hall–Kier alpha value is -3.09. The minimum absolute atomic E-state index is 0.128. The molecule has 1 aliphatic heterocycles. The first-order valence-electron chi connectivity index (χ1n) is 12.8. The highest BCUT2D eigenvalue weighted by atomic mass is 16.6. The molecule has 2 amide bonds. The largest absolute Gasteiger partial charge is 0.492 e. The molecule has 1 aromatic carbocycles. The van der Waals surface area contributed by atoms with Gasteiger partial charge in [0.1, 0.15) is 0 Å². The Morgan fingerprint density at radius 1 is 0.974 bits per heavy atom. The van der Waals surface area contributed by atoms with E-state index in [0.29, 0.717) is 48.7 Å². The quantitative estimate of drug-likeness (QED) is 0.251. The van der Waals surface area contributed by atoms with Crippen LogP contribution in [0.15, 0.2) is 0 Å². The predicted octanol–water partition coefficient (Wildman–Crippen LogP) is 0.412. The molecule has 12 heteroatoms. The van der Waals surface area contributed by atoms with Gasteiger partial charge >= 0.3 is 0 Å². The van der Waals surface area contributed by atoms with Crippen molar-refractivity contribution in [3.63, 3.8) is 0 Å². The molecule has 1 saturated heterocycles. The smallest absolute Gasteiger partial charge is 0.239 e. The standard InChI is InChI=1S/C26H38N2O9.CH4O/c1-14(2)9-18(24(31)26(12-29)13-37-26)28-19(30)11-27-25(32)15-7-8-16-17(10-15)21(34-4)23(36-6)22(35-5)20(16)33-3;1-2/h14-15,18,29H,7-13H2,1-6H3,(H,27,32)(H,28,30);2H,1H3. The number of ether oxygens (including phenoxy) is 5. The van der Waals surface area contributed by atoms with Crippen molar-refractivity contribution in [2.75, 3.05) is 55.3 Å². The van der Waals surface area contributed by atoms with E-state index < -0.39 is 30.1 Å². The lowest BCUT2D eigenvalue weighted by atomic mass is 9.82. The van der Waals surface area contributed by atoms with Gasteiger partial charge in [0.2, 0.25) is 23.3 Å². The van der Waals surface area contributed by atoms with E-state index in [0.717, 1.165) is 18.2 Å². The number of rotatable bonds is 13. The highest BCUT2D eigenvalue weighted by Gasteiger charge is 2.54. The van der Waals surface area contributed by atoms with E-state index in [2.05, 4.69) is 10.6 Å². The van der Waals surface area contributed by atoms with Gasteiger partial charge < -0.3 is 44.5 Å². The number of amides is 2. The number of nitrogens with one attached hydrogen (secondary N) is 2. The van der Waals surface area contributed by atoms with E-state index >= 15 is 0 Å². The second-order valence-corrected chi connectivity index (χ2v) is 9.80. The van der Waals surface area contributed by atoms with E-state index in [9.17, 15) is 19.5 Å². The SMILES string of the molecule is CO.COc1c2c(c(OC)c(OC)c1OC)CC(C(=O)NCC(=O)NC(CC(C)C)C(=O)C1(CO)CO1)CC2. The number of hydrogen-bond donors (Lipinski definition) is 4. The number of ketones is 1. The molecule has 39 heavy (non-hydrogen) atoms. The number of epoxide rings is 1. The molecule has 3 rings (SSSR count). The highest BCUT2D eigenvalue weighted by Crippen LogP contribution is 2.52. The number of benzene rings is 1. The van der Waals surface area contributed by atoms with E-state index in [1.54, 1.807) is 7.11 Å². The molecule has 3 atom stereocenters. The van der Waals surface area contributed by atoms with E-state index in [1.165, 1.54) is 21.3 Å². The number of hydrogen-bond acceptors (Lipinski definition) is 10. The maximum atomic E-state index is 13.0. The molecule has 0 aromatic heterocycles. The molecule has 1 aliphatic carbocycles. The zero-order chi connectivity index (χ0) is 29.3. The van der Waals surface area contributed by atoms with Crippen molar-refractivity contribution < 1.29 is 48.3 Å². The highest BCUT2D eigenvalue weighted by molar-refractivity contribution is 5.97. The molecule has 0 radical (unpaired) electrons. The van der Waals surface area contributed by atoms with Gasteiger partial charge in [-0.15, -0.1) is 0 Å². The van der Waals surface area contributed by atoms with Gasteiger partial charge in [-0.2, -0.15) is 0 Å². The first-order chi connectivity index (χ1) is 18.7. The molecule has 1 heterocycles. The summed E-state index contributed by atoms with van der Waals surface area (Å²) in [6.45, 7) is 3.30. The molecule has 2 aliphatic rings. The number of carbonyl (C=O) groups excluding carboxylic acids is 3. The van der Waals surface area contributed by atoms with Crippen molar-refractivity contribution in [1.29, 1.82) is 0 Å². The van der Waals surface area contributed by atoms with Gasteiger partial charge in [-0.25, -0.2) is 0 Å². The molecule has 0 bridgehead atoms. The summed E-state index contributed by atoms with van der Waals surface area (Å²) in [5, 5.41) is 21.9. The van der Waals surface area contributed by atoms with Gasteiger partial charge in [0.05, 0.1) is 54.2 Å². The van der Waals surface area contributed by atoms with Crippen LogP contribution in [0.25, 0.3) is 0 Å². The van der Waals surface area contributed by atoms with Crippen molar-refractivity contribution in [3.05, 3.63) is 11.1 Å². The van der Waals surface area contributed by atoms with Crippen molar-refractivity contribution in [2.45, 2.75) is 51.2 Å². The van der Waals surface area contributed by atoms with Crippen molar-refractivity contribution >= 4 is 17.6 Å². The Bertz CT molecular complexity index is 997. The summed E-state index contributed by atoms with van der Waals surface area (Å²) in [6, 6.07) is -0.806. The molecule has 1 aromatic rings. The van der Waals surface area contributed by atoms with E-state index in [-0.39, 0.29) is 30.8 Å². The molecule has 3 unspecified atom stereocenters. The van der Waals surface area contributed by atoms with Gasteiger partial charge in [-0.05, 0) is 31.6 Å². The summed E-state index contributed by atoms with van der Waals surface area (Å²) in [7, 11) is 7.11. The fraction of sp³-hybridized carbons (Fsp3) is 0.667. The summed E-state index contributed by atoms with van der Waals surface area (Å²) < 4.78 is 27.4. The van der Waals surface area contributed by atoms with Crippen LogP contribution in [0.3, 0.4) is 0 Å². The third kappa shape index (κ3) is 7.11. The van der Waals surface area contributed by atoms with Crippen LogP contribution in [-0.4, -0.2) is 94.8 Å². The Morgan fingerprint density at radius 3 is 1.97 bits per heavy atom. The van der Waals surface area contributed by atoms with E-state index in [4.69, 9.17) is 28.8 Å². The second kappa shape index (κ2) is 14.3. The van der Waals surface area contributed by atoms with Crippen LogP contribution in [0, 0.1) is 11.8 Å². The summed E-state index contributed by atoms with van der Waals surface area (Å²) in [5.74, 6) is 0.481. The van der Waals surface area contributed by atoms with Crippen LogP contribution in [-0.2, 0) is 32.0 Å². The lowest BCUT2D eigenvalue weighted by Gasteiger charge is -2.29. The van der Waals surface area contributed by atoms with Crippen LogP contribution >= 0.6 is 0 Å². The minimum atomic E-state index is -1.23. The fourth-order valence-electron chi connectivity index (χ4n) is 4.90. The van der Waals surface area contributed by atoms with Crippen LogP contribution in [0.1, 0.15) is 37.8 Å². The normalized spacial score (nSPS) is 20.0. The van der Waals surface area contributed by atoms with Crippen molar-refractivity contribution in [3.8, 4) is 23.0 Å². The second-order valence-electron chi connectivity index (χ2n) is 9.80. The number of Topliss-reactive ketones (excluding diaryl/α,β-unsaturated/α-hetero) is 1. The predicted molar refractivity (Wildman–Crippen MR) is 141 cm³/mol. The molecular weight excluding hydrogens is 512 g/mol. The van der Waals surface area contributed by atoms with E-state index in [1.807, 2.05) is 13.8 Å². The molecule has 1 fully saturated rings. The van der Waals surface area contributed by atoms with Crippen LogP contribution in [0.4, 0.5) is 0 Å². The summed E-state index contributed by atoms with van der Waals surface area (Å²) in [5.41, 5.74) is 0.471. The topological polar surface area (TPSA) is 165 Å². The zero-order valence-electron chi connectivity index (χ0n) is 23.8. The van der Waals surface area contributed by atoms with Gasteiger partial charge in [0.15, 0.2) is 22.9 Å². The summed E-state index contributed by atoms with van der Waals surface area (Å²) in [4.78, 5) is 38.5. The third-order valence-corrected chi connectivity index (χ3v) is 6.89. The Morgan fingerprint density at radius 2 is 1.51 bits per heavy atom. The number of methoxy groups -OCH3 is 4. The first-order valence-corrected chi connectivity index (χ1v) is 12.8. The van der Waals surface area contributed by atoms with Crippen LogP contribution in [0.2, 0.25) is 0 Å². The van der Waals surface area contributed by atoms with Crippen LogP contribution < -0.4 is 29.6 Å². The molecule has 4 N–H and O–H groups in total. The number of aliphatic hydroxyl groups excluding tert-OH is 2. The number of aliphatic hydroxyl groups is 2. The molecule has 0 saturated carbocycles. The average molecular weight is 555 g/mol. The van der Waals surface area contributed by atoms with Crippen molar-refractivity contribution in [2.24, 2.45) is 11.8 Å². The maximum Gasteiger partial charge on any atom is 0.239 e. The first kappa shape index (κ1) is 32.1. The lowest BCUT2D eigenvalue weighted by Crippen LogP contribution is -2.51. The third-order valence-electron chi connectivity index (χ3n) is 6.89. The number of fused-ring (bicyclic) bond motifs is 1. The molecule has 220 valence electrons. The Balaban J connectivity index is 0.00000260. The maximum absolute atomic E-state index is 13.0. The molecule has 12 nitrogen and oxygen atoms in total. The Labute approximate surface area is 229 Å². The van der Waals surface area contributed by atoms with Crippen molar-refractivity contribution in [1.82, 2.24) is 10.6 Å². The molecule has 0 spiro atoms. The average Bonchev–Trinajstić information content (AvgIpc) is 3.75. The van der Waals surface area contributed by atoms with Crippen LogP contribution in [0.5, 0.6) is 23.0 Å². The lowest BCUT2D eigenvalue weighted by molar-refractivity contribution is -0.133. The van der Waals surface area contributed by atoms with Gasteiger partial charge in [0, 0.05) is 24.2 Å². The van der Waals surface area contributed by atoms with Gasteiger partial charge in [0.25, 0.3) is 0 Å². The Kier molecular flexibility index (Phi) is 11.8. The monoisotopic (exact) mass is 554 g/mol. The zero-order valence-corrected chi connectivity index (χ0v) is 23.8. The van der Waals surface area contributed by atoms with Gasteiger partial charge in [-0.3, -0.25) is 14.4 Å².